The number of hydrogen-bond donors (Lipinski definition) is 0. The lowest BCUT2D eigenvalue weighted by Crippen LogP contribution is -2.35. The molecule has 0 aliphatic heterocycles. The Morgan fingerprint density at radius 2 is 1.79 bits per heavy atom. The summed E-state index contributed by atoms with van der Waals surface area (Å²) >= 11 is 0. The van der Waals surface area contributed by atoms with Crippen LogP contribution in [0, 0.1) is 13.8 Å². The molecule has 0 aliphatic rings. The molecular formula is C24H27N3O5S. The van der Waals surface area contributed by atoms with Gasteiger partial charge in [-0.25, -0.2) is 13.2 Å². The highest BCUT2D eigenvalue weighted by Gasteiger charge is 2.31. The van der Waals surface area contributed by atoms with Gasteiger partial charge in [0.05, 0.1) is 18.0 Å². The zero-order valence-electron chi connectivity index (χ0n) is 19.1. The Hall–Kier alpha value is -3.30. The van der Waals surface area contributed by atoms with E-state index in [2.05, 4.69) is 4.98 Å². The average Bonchev–Trinajstić information content (AvgIpc) is 3.02. The van der Waals surface area contributed by atoms with Gasteiger partial charge in [-0.2, -0.15) is 4.31 Å². The van der Waals surface area contributed by atoms with E-state index in [1.807, 2.05) is 0 Å². The first-order valence-corrected chi connectivity index (χ1v) is 11.9. The summed E-state index contributed by atoms with van der Waals surface area (Å²) in [4.78, 5) is 30.0. The van der Waals surface area contributed by atoms with Gasteiger partial charge >= 0.3 is 5.97 Å². The monoisotopic (exact) mass is 469 g/mol. The summed E-state index contributed by atoms with van der Waals surface area (Å²) in [6.07, 6.45) is 3.16. The van der Waals surface area contributed by atoms with Gasteiger partial charge in [0.1, 0.15) is 5.69 Å². The van der Waals surface area contributed by atoms with Crippen molar-refractivity contribution in [3.63, 3.8) is 0 Å². The lowest BCUT2D eigenvalue weighted by Gasteiger charge is -2.22. The lowest BCUT2D eigenvalue weighted by molar-refractivity contribution is 0.0514. The van der Waals surface area contributed by atoms with Crippen LogP contribution in [0.4, 0.5) is 0 Å². The average molecular weight is 470 g/mol. The van der Waals surface area contributed by atoms with Crippen molar-refractivity contribution >= 4 is 21.8 Å². The molecule has 0 atom stereocenters. The number of nitrogens with zero attached hydrogens (tertiary/aromatic N) is 3. The third-order valence-corrected chi connectivity index (χ3v) is 7.27. The molecule has 3 aromatic rings. The smallest absolute Gasteiger partial charge is 0.355 e. The van der Waals surface area contributed by atoms with Crippen LogP contribution in [0.15, 0.2) is 59.8 Å². The second-order valence-electron chi connectivity index (χ2n) is 7.58. The van der Waals surface area contributed by atoms with Crippen LogP contribution in [0.25, 0.3) is 0 Å². The zero-order chi connectivity index (χ0) is 24.2. The number of ketones is 1. The van der Waals surface area contributed by atoms with Crippen LogP contribution in [-0.4, -0.2) is 47.2 Å². The van der Waals surface area contributed by atoms with Gasteiger partial charge < -0.3 is 9.30 Å². The maximum absolute atomic E-state index is 13.4. The van der Waals surface area contributed by atoms with E-state index in [0.717, 1.165) is 4.31 Å². The van der Waals surface area contributed by atoms with Crippen LogP contribution in [0.1, 0.15) is 44.6 Å². The van der Waals surface area contributed by atoms with Crippen LogP contribution in [0.5, 0.6) is 0 Å². The Kier molecular flexibility index (Phi) is 7.45. The molecule has 33 heavy (non-hydrogen) atoms. The Morgan fingerprint density at radius 3 is 2.39 bits per heavy atom. The molecule has 0 N–H and O–H groups in total. The van der Waals surface area contributed by atoms with Gasteiger partial charge in [-0.3, -0.25) is 9.78 Å². The molecule has 0 aliphatic carbocycles. The predicted octanol–water partition coefficient (Wildman–Crippen LogP) is 3.29. The van der Waals surface area contributed by atoms with Crippen LogP contribution in [-0.2, 0) is 28.4 Å². The van der Waals surface area contributed by atoms with Crippen molar-refractivity contribution in [3.8, 4) is 0 Å². The number of carbonyl (C=O) groups excluding carboxylic acids is 2. The van der Waals surface area contributed by atoms with E-state index < -0.39 is 21.8 Å². The fraction of sp³-hybridized carbons (Fsp3) is 0.292. The molecule has 0 spiro atoms. The zero-order valence-corrected chi connectivity index (χ0v) is 19.9. The Bertz CT molecular complexity index is 1250. The van der Waals surface area contributed by atoms with Crippen molar-refractivity contribution in [2.75, 3.05) is 13.2 Å². The lowest BCUT2D eigenvalue weighted by atomic mass is 10.1. The van der Waals surface area contributed by atoms with Gasteiger partial charge in [-0.1, -0.05) is 24.3 Å². The Labute approximate surface area is 193 Å². The van der Waals surface area contributed by atoms with E-state index in [1.165, 1.54) is 12.1 Å². The van der Waals surface area contributed by atoms with E-state index in [4.69, 9.17) is 4.74 Å². The number of hydrogen-bond acceptors (Lipinski definition) is 6. The molecule has 0 amide bonds. The highest BCUT2D eigenvalue weighted by atomic mass is 32.2. The topological polar surface area (TPSA) is 98.6 Å². The molecule has 8 nitrogen and oxygen atoms in total. The quantitative estimate of drug-likeness (QED) is 0.352. The van der Waals surface area contributed by atoms with Crippen molar-refractivity contribution in [1.82, 2.24) is 13.9 Å². The summed E-state index contributed by atoms with van der Waals surface area (Å²) in [5.74, 6) is -0.927. The number of pyridine rings is 1. The third kappa shape index (κ3) is 5.04. The first-order valence-electron chi connectivity index (χ1n) is 10.5. The Morgan fingerprint density at radius 1 is 1.09 bits per heavy atom. The molecule has 2 heterocycles. The second kappa shape index (κ2) is 10.1. The van der Waals surface area contributed by atoms with Gasteiger partial charge in [-0.05, 0) is 50.1 Å². The summed E-state index contributed by atoms with van der Waals surface area (Å²) in [7, 11) is -2.29. The van der Waals surface area contributed by atoms with Crippen LogP contribution in [0.2, 0.25) is 0 Å². The van der Waals surface area contributed by atoms with Crippen molar-refractivity contribution in [2.24, 2.45) is 7.05 Å². The maximum Gasteiger partial charge on any atom is 0.355 e. The molecule has 0 fully saturated rings. The fourth-order valence-corrected chi connectivity index (χ4v) is 5.18. The minimum atomic E-state index is -3.97. The molecule has 0 bridgehead atoms. The largest absolute Gasteiger partial charge is 0.461 e. The first-order chi connectivity index (χ1) is 15.7. The summed E-state index contributed by atoms with van der Waals surface area (Å²) in [6.45, 7) is 4.90. The number of carbonyl (C=O) groups is 2. The number of sulfonamides is 1. The van der Waals surface area contributed by atoms with E-state index in [1.54, 1.807) is 75.1 Å². The first kappa shape index (κ1) is 24.3. The molecule has 0 unspecified atom stereocenters. The van der Waals surface area contributed by atoms with Gasteiger partial charge in [0.2, 0.25) is 10.0 Å². The summed E-state index contributed by atoms with van der Waals surface area (Å²) in [5, 5.41) is 0. The number of ether oxygens (including phenoxy) is 1. The minimum absolute atomic E-state index is 0.0214. The molecule has 2 aromatic heterocycles. The van der Waals surface area contributed by atoms with Crippen molar-refractivity contribution in [3.05, 3.63) is 82.9 Å². The third-order valence-electron chi connectivity index (χ3n) is 5.46. The van der Waals surface area contributed by atoms with Crippen molar-refractivity contribution in [1.29, 1.82) is 0 Å². The standard InChI is InChI=1S/C24H27N3O5S/c1-5-32-24(29)23-17(2)22(18(3)26(23)4)21(28)16-27(15-19-10-9-13-25-14-19)33(30,31)20-11-7-6-8-12-20/h6-14H,5,15-16H2,1-4H3. The van der Waals surface area contributed by atoms with E-state index in [9.17, 15) is 18.0 Å². The number of rotatable bonds is 9. The highest BCUT2D eigenvalue weighted by Crippen LogP contribution is 2.25. The molecule has 174 valence electrons. The van der Waals surface area contributed by atoms with Gasteiger partial charge in [0.25, 0.3) is 0 Å². The maximum atomic E-state index is 13.4. The van der Waals surface area contributed by atoms with E-state index in [-0.39, 0.29) is 30.3 Å². The molecular weight excluding hydrogens is 442 g/mol. The van der Waals surface area contributed by atoms with Gasteiger partial charge in [0.15, 0.2) is 5.78 Å². The van der Waals surface area contributed by atoms with Crippen LogP contribution >= 0.6 is 0 Å². The molecule has 3 rings (SSSR count). The number of benzene rings is 1. The van der Waals surface area contributed by atoms with Gasteiger partial charge in [0, 0.05) is 37.2 Å². The van der Waals surface area contributed by atoms with Crippen molar-refractivity contribution in [2.45, 2.75) is 32.2 Å². The van der Waals surface area contributed by atoms with Crippen molar-refractivity contribution < 1.29 is 22.7 Å². The molecule has 0 saturated heterocycles. The molecule has 0 radical (unpaired) electrons. The van der Waals surface area contributed by atoms with E-state index >= 15 is 0 Å². The number of aromatic nitrogens is 2. The number of Topliss-reactive ketones (excluding diaryl/α,β-unsaturated/α-hetero) is 1. The normalized spacial score (nSPS) is 11.5. The fourth-order valence-electron chi connectivity index (χ4n) is 3.78. The molecule has 1 aromatic carbocycles. The molecule has 9 heteroatoms. The molecule has 0 saturated carbocycles. The second-order valence-corrected chi connectivity index (χ2v) is 9.52. The summed E-state index contributed by atoms with van der Waals surface area (Å²) in [5.41, 5.74) is 2.29. The van der Waals surface area contributed by atoms with Crippen LogP contribution in [0.3, 0.4) is 0 Å². The summed E-state index contributed by atoms with van der Waals surface area (Å²) in [6, 6.07) is 11.4. The Balaban J connectivity index is 2.01. The van der Waals surface area contributed by atoms with E-state index in [0.29, 0.717) is 22.4 Å². The number of esters is 1. The highest BCUT2D eigenvalue weighted by molar-refractivity contribution is 7.89. The SMILES string of the molecule is CCOC(=O)c1c(C)c(C(=O)CN(Cc2cccnc2)S(=O)(=O)c2ccccc2)c(C)n1C. The minimum Gasteiger partial charge on any atom is -0.461 e. The predicted molar refractivity (Wildman–Crippen MR) is 123 cm³/mol. The van der Waals surface area contributed by atoms with Gasteiger partial charge in [-0.15, -0.1) is 0 Å². The van der Waals surface area contributed by atoms with Crippen LogP contribution < -0.4 is 0 Å². The summed E-state index contributed by atoms with van der Waals surface area (Å²) < 4.78 is 34.7.